The Bertz CT molecular complexity index is 214. The van der Waals surface area contributed by atoms with Gasteiger partial charge in [-0.2, -0.15) is 0 Å². The average Bonchev–Trinajstić information content (AvgIpc) is 2.81. The van der Waals surface area contributed by atoms with Gasteiger partial charge in [0.15, 0.2) is 0 Å². The van der Waals surface area contributed by atoms with Crippen LogP contribution < -0.4 is 5.32 Å². The van der Waals surface area contributed by atoms with E-state index in [9.17, 15) is 5.11 Å². The molecule has 0 amide bonds. The third-order valence-corrected chi connectivity index (χ3v) is 3.66. The van der Waals surface area contributed by atoms with Gasteiger partial charge in [0.2, 0.25) is 0 Å². The second kappa shape index (κ2) is 10.6. The van der Waals surface area contributed by atoms with E-state index in [-0.39, 0.29) is 0 Å². The highest BCUT2D eigenvalue weighted by atomic mass is 16.5. The first-order valence-corrected chi connectivity index (χ1v) is 7.79. The highest BCUT2D eigenvalue weighted by Gasteiger charge is 2.21. The number of rotatable bonds is 11. The molecule has 0 spiro atoms. The number of aliphatic hydroxyl groups is 1. The molecule has 1 aliphatic carbocycles. The molecule has 1 aliphatic rings. The van der Waals surface area contributed by atoms with Gasteiger partial charge in [0.05, 0.1) is 25.9 Å². The molecule has 0 aromatic rings. The molecule has 3 unspecified atom stereocenters. The Kier molecular flexibility index (Phi) is 9.43. The van der Waals surface area contributed by atoms with Crippen LogP contribution in [0.3, 0.4) is 0 Å². The monoisotopic (exact) mass is 273 g/mol. The predicted molar refractivity (Wildman–Crippen MR) is 77.4 cm³/mol. The molecule has 4 nitrogen and oxygen atoms in total. The molecule has 0 aliphatic heterocycles. The van der Waals surface area contributed by atoms with Crippen molar-refractivity contribution in [1.29, 1.82) is 0 Å². The van der Waals surface area contributed by atoms with Crippen molar-refractivity contribution in [3.05, 3.63) is 0 Å². The van der Waals surface area contributed by atoms with Crippen LogP contribution in [-0.2, 0) is 9.47 Å². The highest BCUT2D eigenvalue weighted by molar-refractivity contribution is 4.79. The van der Waals surface area contributed by atoms with Gasteiger partial charge in [0.25, 0.3) is 0 Å². The molecule has 3 atom stereocenters. The Morgan fingerprint density at radius 3 is 2.68 bits per heavy atom. The zero-order valence-electron chi connectivity index (χ0n) is 12.6. The van der Waals surface area contributed by atoms with Crippen molar-refractivity contribution in [2.75, 3.05) is 33.0 Å². The van der Waals surface area contributed by atoms with E-state index in [1.807, 2.05) is 0 Å². The number of hydrogen-bond acceptors (Lipinski definition) is 4. The Morgan fingerprint density at radius 2 is 2.00 bits per heavy atom. The fraction of sp³-hybridized carbons (Fsp3) is 1.00. The number of aliphatic hydroxyl groups excluding tert-OH is 1. The van der Waals surface area contributed by atoms with Gasteiger partial charge >= 0.3 is 0 Å². The fourth-order valence-electron chi connectivity index (χ4n) is 2.44. The molecule has 114 valence electrons. The van der Waals surface area contributed by atoms with Crippen LogP contribution in [0, 0.1) is 5.92 Å². The Morgan fingerprint density at radius 1 is 1.21 bits per heavy atom. The maximum atomic E-state index is 9.79. The summed E-state index contributed by atoms with van der Waals surface area (Å²) in [6.07, 6.45) is 5.63. The standard InChI is InChI=1S/C15H31NO3/c1-3-4-7-18-8-9-19-12-15(17)11-16-14-6-5-13(2)10-14/h13-17H,3-12H2,1-2H3. The lowest BCUT2D eigenvalue weighted by atomic mass is 10.1. The van der Waals surface area contributed by atoms with Crippen LogP contribution in [-0.4, -0.2) is 50.2 Å². The summed E-state index contributed by atoms with van der Waals surface area (Å²) in [4.78, 5) is 0. The summed E-state index contributed by atoms with van der Waals surface area (Å²) in [7, 11) is 0. The first kappa shape index (κ1) is 16.9. The number of nitrogens with one attached hydrogen (secondary N) is 1. The summed E-state index contributed by atoms with van der Waals surface area (Å²) in [5.41, 5.74) is 0. The van der Waals surface area contributed by atoms with Crippen molar-refractivity contribution in [3.63, 3.8) is 0 Å². The van der Waals surface area contributed by atoms with E-state index in [1.165, 1.54) is 19.3 Å². The summed E-state index contributed by atoms with van der Waals surface area (Å²) in [6.45, 7) is 7.47. The number of unbranched alkanes of at least 4 members (excludes halogenated alkanes) is 1. The zero-order valence-corrected chi connectivity index (χ0v) is 12.6. The smallest absolute Gasteiger partial charge is 0.0897 e. The van der Waals surface area contributed by atoms with Gasteiger partial charge < -0.3 is 19.9 Å². The second-order valence-corrected chi connectivity index (χ2v) is 5.72. The van der Waals surface area contributed by atoms with Crippen molar-refractivity contribution in [2.45, 2.75) is 58.1 Å². The van der Waals surface area contributed by atoms with E-state index in [4.69, 9.17) is 9.47 Å². The van der Waals surface area contributed by atoms with E-state index in [2.05, 4.69) is 19.2 Å². The predicted octanol–water partition coefficient (Wildman–Crippen LogP) is 1.96. The molecule has 0 aromatic carbocycles. The van der Waals surface area contributed by atoms with Crippen LogP contribution in [0.15, 0.2) is 0 Å². The highest BCUT2D eigenvalue weighted by Crippen LogP contribution is 2.24. The van der Waals surface area contributed by atoms with Crippen LogP contribution in [0.5, 0.6) is 0 Å². The molecular formula is C15H31NO3. The lowest BCUT2D eigenvalue weighted by Gasteiger charge is -2.16. The summed E-state index contributed by atoms with van der Waals surface area (Å²) >= 11 is 0. The van der Waals surface area contributed by atoms with E-state index in [0.717, 1.165) is 25.4 Å². The van der Waals surface area contributed by atoms with Gasteiger partial charge in [-0.25, -0.2) is 0 Å². The minimum atomic E-state index is -0.411. The van der Waals surface area contributed by atoms with Crippen LogP contribution >= 0.6 is 0 Å². The van der Waals surface area contributed by atoms with Crippen LogP contribution in [0.4, 0.5) is 0 Å². The largest absolute Gasteiger partial charge is 0.389 e. The topological polar surface area (TPSA) is 50.7 Å². The second-order valence-electron chi connectivity index (χ2n) is 5.72. The van der Waals surface area contributed by atoms with Gasteiger partial charge in [0.1, 0.15) is 0 Å². The molecule has 19 heavy (non-hydrogen) atoms. The summed E-state index contributed by atoms with van der Waals surface area (Å²) in [6, 6.07) is 0.585. The van der Waals surface area contributed by atoms with Gasteiger partial charge in [-0.15, -0.1) is 0 Å². The van der Waals surface area contributed by atoms with Gasteiger partial charge in [-0.1, -0.05) is 20.3 Å². The Labute approximate surface area is 117 Å². The third kappa shape index (κ3) is 8.58. The van der Waals surface area contributed by atoms with Gasteiger partial charge in [-0.05, 0) is 31.6 Å². The normalized spacial score (nSPS) is 24.8. The maximum Gasteiger partial charge on any atom is 0.0897 e. The minimum Gasteiger partial charge on any atom is -0.389 e. The molecule has 0 aromatic heterocycles. The molecule has 1 rings (SSSR count). The third-order valence-electron chi connectivity index (χ3n) is 3.66. The molecule has 0 radical (unpaired) electrons. The molecule has 1 saturated carbocycles. The fourth-order valence-corrected chi connectivity index (χ4v) is 2.44. The Hall–Kier alpha value is -0.160. The summed E-state index contributed by atoms with van der Waals surface area (Å²) < 4.78 is 10.8. The minimum absolute atomic E-state index is 0.395. The van der Waals surface area contributed by atoms with Gasteiger partial charge in [-0.3, -0.25) is 0 Å². The Balaban J connectivity index is 1.86. The summed E-state index contributed by atoms with van der Waals surface area (Å²) in [5, 5.41) is 13.2. The lowest BCUT2D eigenvalue weighted by molar-refractivity contribution is 0.00322. The van der Waals surface area contributed by atoms with Crippen molar-refractivity contribution in [1.82, 2.24) is 5.32 Å². The molecule has 0 heterocycles. The van der Waals surface area contributed by atoms with E-state index < -0.39 is 6.10 Å². The van der Waals surface area contributed by atoms with E-state index in [0.29, 0.717) is 32.4 Å². The number of ether oxygens (including phenoxy) is 2. The van der Waals surface area contributed by atoms with Crippen molar-refractivity contribution in [2.24, 2.45) is 5.92 Å². The molecule has 1 fully saturated rings. The van der Waals surface area contributed by atoms with E-state index >= 15 is 0 Å². The molecule has 0 bridgehead atoms. The van der Waals surface area contributed by atoms with Crippen molar-refractivity contribution in [3.8, 4) is 0 Å². The number of hydrogen-bond donors (Lipinski definition) is 2. The molecule has 2 N–H and O–H groups in total. The van der Waals surface area contributed by atoms with Crippen molar-refractivity contribution >= 4 is 0 Å². The summed E-state index contributed by atoms with van der Waals surface area (Å²) in [5.74, 6) is 0.825. The zero-order chi connectivity index (χ0) is 13.9. The van der Waals surface area contributed by atoms with Crippen molar-refractivity contribution < 1.29 is 14.6 Å². The average molecular weight is 273 g/mol. The van der Waals surface area contributed by atoms with E-state index in [1.54, 1.807) is 0 Å². The van der Waals surface area contributed by atoms with Crippen LogP contribution in [0.1, 0.15) is 46.0 Å². The lowest BCUT2D eigenvalue weighted by Crippen LogP contribution is -2.36. The first-order chi connectivity index (χ1) is 9.22. The maximum absolute atomic E-state index is 9.79. The SMILES string of the molecule is CCCCOCCOCC(O)CNC1CCC(C)C1. The van der Waals surface area contributed by atoms with Crippen LogP contribution in [0.2, 0.25) is 0 Å². The van der Waals surface area contributed by atoms with Crippen LogP contribution in [0.25, 0.3) is 0 Å². The van der Waals surface area contributed by atoms with Gasteiger partial charge in [0, 0.05) is 19.2 Å². The first-order valence-electron chi connectivity index (χ1n) is 7.79. The molecule has 4 heteroatoms. The molecule has 0 saturated heterocycles. The quantitative estimate of drug-likeness (QED) is 0.565. The molecular weight excluding hydrogens is 242 g/mol.